The average molecular weight is 265 g/mol. The smallest absolute Gasteiger partial charge is 0.146 e. The van der Waals surface area contributed by atoms with Gasteiger partial charge in [-0.25, -0.2) is 4.39 Å². The van der Waals surface area contributed by atoms with Gasteiger partial charge in [-0.05, 0) is 43.4 Å². The molecule has 0 bridgehead atoms. The van der Waals surface area contributed by atoms with E-state index >= 15 is 0 Å². The molecule has 2 unspecified atom stereocenters. The van der Waals surface area contributed by atoms with Crippen molar-refractivity contribution in [1.29, 1.82) is 0 Å². The summed E-state index contributed by atoms with van der Waals surface area (Å²) < 4.78 is 14.2. The van der Waals surface area contributed by atoms with E-state index in [1.165, 1.54) is 18.9 Å². The van der Waals surface area contributed by atoms with Gasteiger partial charge in [0, 0.05) is 13.1 Å². The molecule has 1 aliphatic carbocycles. The van der Waals surface area contributed by atoms with Crippen molar-refractivity contribution in [2.75, 3.05) is 11.9 Å². The monoisotopic (exact) mass is 265 g/mol. The molecule has 0 aromatic heterocycles. The molecule has 3 heteroatoms. The molecule has 1 N–H and O–H groups in total. The fourth-order valence-electron chi connectivity index (χ4n) is 3.02. The molecule has 0 heterocycles. The number of halogens is 1. The Kier molecular flexibility index (Phi) is 4.46. The summed E-state index contributed by atoms with van der Waals surface area (Å²) in [6, 6.07) is 5.47. The molecule has 1 aromatic carbocycles. The molecule has 3 atom stereocenters. The van der Waals surface area contributed by atoms with E-state index in [-0.39, 0.29) is 5.82 Å². The van der Waals surface area contributed by atoms with Crippen LogP contribution >= 0.6 is 0 Å². The summed E-state index contributed by atoms with van der Waals surface area (Å²) in [7, 11) is 1.98. The van der Waals surface area contributed by atoms with E-state index in [1.807, 2.05) is 13.1 Å². The summed E-state index contributed by atoms with van der Waals surface area (Å²) >= 11 is 0. The van der Waals surface area contributed by atoms with Crippen LogP contribution in [0, 0.1) is 11.7 Å². The summed E-state index contributed by atoms with van der Waals surface area (Å²) in [6.45, 7) is 3.92. The first-order valence-corrected chi connectivity index (χ1v) is 7.19. The van der Waals surface area contributed by atoms with Crippen LogP contribution in [0.5, 0.6) is 0 Å². The molecule has 1 fully saturated rings. The molecule has 106 valence electrons. The van der Waals surface area contributed by atoms with Crippen LogP contribution in [0.3, 0.4) is 0 Å². The third-order valence-electron chi connectivity index (χ3n) is 4.29. The molecule has 1 aliphatic rings. The van der Waals surface area contributed by atoms with E-state index in [0.717, 1.165) is 18.8 Å². The normalized spacial score (nSPS) is 25.1. The van der Waals surface area contributed by atoms with Gasteiger partial charge in [0.2, 0.25) is 0 Å². The Balaban J connectivity index is 2.16. The van der Waals surface area contributed by atoms with Crippen LogP contribution in [-0.4, -0.2) is 18.2 Å². The first-order chi connectivity index (χ1) is 8.99. The van der Waals surface area contributed by atoms with Crippen LogP contribution in [-0.2, 0) is 0 Å². The Labute approximate surface area is 115 Å². The molecule has 0 spiro atoms. The fourth-order valence-corrected chi connectivity index (χ4v) is 3.02. The standard InChI is InChI=1S/C16H24FNO/c1-11-5-4-6-14(9-11)18(3)16-8-7-13(12(2)19)10-15(16)17/h7-8,10-12,14,19H,4-6,9H2,1-3H3/t11?,12-,14?/m1/s1. The zero-order chi connectivity index (χ0) is 14.0. The Morgan fingerprint density at radius 2 is 2.11 bits per heavy atom. The quantitative estimate of drug-likeness (QED) is 0.896. The first kappa shape index (κ1) is 14.3. The summed E-state index contributed by atoms with van der Waals surface area (Å²) in [5.74, 6) is 0.486. The number of hydrogen-bond donors (Lipinski definition) is 1. The van der Waals surface area contributed by atoms with Gasteiger partial charge in [0.05, 0.1) is 11.8 Å². The molecular weight excluding hydrogens is 241 g/mol. The number of aliphatic hydroxyl groups is 1. The van der Waals surface area contributed by atoms with Gasteiger partial charge in [-0.1, -0.05) is 25.8 Å². The minimum absolute atomic E-state index is 0.237. The zero-order valence-corrected chi connectivity index (χ0v) is 12.1. The van der Waals surface area contributed by atoms with Crippen LogP contribution in [0.15, 0.2) is 18.2 Å². The van der Waals surface area contributed by atoms with Crippen LogP contribution in [0.4, 0.5) is 10.1 Å². The highest BCUT2D eigenvalue weighted by molar-refractivity contribution is 5.49. The zero-order valence-electron chi connectivity index (χ0n) is 12.1. The largest absolute Gasteiger partial charge is 0.389 e. The average Bonchev–Trinajstić information content (AvgIpc) is 2.37. The summed E-state index contributed by atoms with van der Waals surface area (Å²) in [4.78, 5) is 2.07. The molecule has 1 aromatic rings. The van der Waals surface area contributed by atoms with E-state index in [0.29, 0.717) is 17.3 Å². The SMILES string of the molecule is CC1CCCC(N(C)c2ccc([C@@H](C)O)cc2F)C1. The third kappa shape index (κ3) is 3.27. The van der Waals surface area contributed by atoms with E-state index < -0.39 is 6.10 Å². The highest BCUT2D eigenvalue weighted by Gasteiger charge is 2.24. The maximum absolute atomic E-state index is 14.2. The Hall–Kier alpha value is -1.09. The van der Waals surface area contributed by atoms with Crippen LogP contribution in [0.1, 0.15) is 51.2 Å². The lowest BCUT2D eigenvalue weighted by Crippen LogP contribution is -2.36. The van der Waals surface area contributed by atoms with Crippen molar-refractivity contribution in [1.82, 2.24) is 0 Å². The minimum atomic E-state index is -0.622. The van der Waals surface area contributed by atoms with E-state index in [9.17, 15) is 9.50 Å². The number of anilines is 1. The van der Waals surface area contributed by atoms with Crippen molar-refractivity contribution in [3.63, 3.8) is 0 Å². The second kappa shape index (κ2) is 5.91. The molecule has 19 heavy (non-hydrogen) atoms. The van der Waals surface area contributed by atoms with Crippen molar-refractivity contribution in [3.8, 4) is 0 Å². The molecule has 1 saturated carbocycles. The lowest BCUT2D eigenvalue weighted by molar-refractivity contribution is 0.199. The van der Waals surface area contributed by atoms with Gasteiger partial charge in [-0.15, -0.1) is 0 Å². The first-order valence-electron chi connectivity index (χ1n) is 7.19. The second-order valence-corrected chi connectivity index (χ2v) is 5.92. The lowest BCUT2D eigenvalue weighted by Gasteiger charge is -2.35. The number of benzene rings is 1. The van der Waals surface area contributed by atoms with Gasteiger partial charge < -0.3 is 10.0 Å². The Bertz CT molecular complexity index is 433. The van der Waals surface area contributed by atoms with Gasteiger partial charge in [0.1, 0.15) is 5.82 Å². The molecule has 0 aliphatic heterocycles. The van der Waals surface area contributed by atoms with Crippen molar-refractivity contribution < 1.29 is 9.50 Å². The fraction of sp³-hybridized carbons (Fsp3) is 0.625. The highest BCUT2D eigenvalue weighted by Crippen LogP contribution is 2.31. The highest BCUT2D eigenvalue weighted by atomic mass is 19.1. The van der Waals surface area contributed by atoms with Crippen molar-refractivity contribution in [3.05, 3.63) is 29.6 Å². The van der Waals surface area contributed by atoms with Crippen LogP contribution in [0.25, 0.3) is 0 Å². The van der Waals surface area contributed by atoms with Gasteiger partial charge in [-0.2, -0.15) is 0 Å². The molecule has 2 nitrogen and oxygen atoms in total. The Morgan fingerprint density at radius 3 is 2.68 bits per heavy atom. The predicted molar refractivity (Wildman–Crippen MR) is 76.9 cm³/mol. The molecule has 0 saturated heterocycles. The number of aliphatic hydroxyl groups excluding tert-OH is 1. The summed E-state index contributed by atoms with van der Waals surface area (Å²) in [5.41, 5.74) is 1.27. The predicted octanol–water partition coefficient (Wildman–Crippen LogP) is 3.89. The molecule has 0 amide bonds. The topological polar surface area (TPSA) is 23.5 Å². The maximum Gasteiger partial charge on any atom is 0.146 e. The molecular formula is C16H24FNO. The summed E-state index contributed by atoms with van der Waals surface area (Å²) in [5, 5.41) is 9.48. The lowest BCUT2D eigenvalue weighted by atomic mass is 9.86. The van der Waals surface area contributed by atoms with Crippen LogP contribution < -0.4 is 4.90 Å². The van der Waals surface area contributed by atoms with Gasteiger partial charge in [-0.3, -0.25) is 0 Å². The third-order valence-corrected chi connectivity index (χ3v) is 4.29. The van der Waals surface area contributed by atoms with Gasteiger partial charge in [0.15, 0.2) is 0 Å². The van der Waals surface area contributed by atoms with Crippen molar-refractivity contribution in [2.24, 2.45) is 5.92 Å². The number of hydrogen-bond acceptors (Lipinski definition) is 2. The minimum Gasteiger partial charge on any atom is -0.389 e. The second-order valence-electron chi connectivity index (χ2n) is 5.92. The van der Waals surface area contributed by atoms with Crippen molar-refractivity contribution >= 4 is 5.69 Å². The van der Waals surface area contributed by atoms with Gasteiger partial charge >= 0.3 is 0 Å². The van der Waals surface area contributed by atoms with Gasteiger partial charge in [0.25, 0.3) is 0 Å². The van der Waals surface area contributed by atoms with E-state index in [1.54, 1.807) is 13.0 Å². The number of nitrogens with zero attached hydrogens (tertiary/aromatic N) is 1. The summed E-state index contributed by atoms with van der Waals surface area (Å²) in [6.07, 6.45) is 4.16. The number of rotatable bonds is 3. The van der Waals surface area contributed by atoms with Crippen LogP contribution in [0.2, 0.25) is 0 Å². The molecule has 2 rings (SSSR count). The van der Waals surface area contributed by atoms with E-state index in [2.05, 4.69) is 11.8 Å². The maximum atomic E-state index is 14.2. The van der Waals surface area contributed by atoms with E-state index in [4.69, 9.17) is 0 Å². The van der Waals surface area contributed by atoms with Crippen molar-refractivity contribution in [2.45, 2.75) is 51.7 Å². The Morgan fingerprint density at radius 1 is 1.37 bits per heavy atom. The molecule has 0 radical (unpaired) electrons.